The van der Waals surface area contributed by atoms with Gasteiger partial charge < -0.3 is 55.1 Å². The maximum absolute atomic E-state index is 12.7. The summed E-state index contributed by atoms with van der Waals surface area (Å²) in [6.45, 7) is -0.709. The molecule has 0 saturated carbocycles. The number of esters is 1. The first-order valence-corrected chi connectivity index (χ1v) is 11.6. The van der Waals surface area contributed by atoms with Crippen LogP contribution in [0.15, 0.2) is 54.6 Å². The van der Waals surface area contributed by atoms with E-state index in [0.717, 1.165) is 17.7 Å². The van der Waals surface area contributed by atoms with Crippen molar-refractivity contribution >= 4 is 18.1 Å². The molecule has 1 aliphatic rings. The average molecular weight is 542 g/mol. The molecule has 0 bridgehead atoms. The van der Waals surface area contributed by atoms with Crippen LogP contribution in [0, 0.1) is 0 Å². The number of aliphatic hydroxyl groups is 3. The van der Waals surface area contributed by atoms with Crippen molar-refractivity contribution in [3.05, 3.63) is 71.3 Å². The highest BCUT2D eigenvalue weighted by Crippen LogP contribution is 2.36. The Morgan fingerprint density at radius 2 is 1.46 bits per heavy atom. The number of ether oxygens (including phenoxy) is 3. The summed E-state index contributed by atoms with van der Waals surface area (Å²) in [5.41, 5.74) is 0.846. The molecule has 1 fully saturated rings. The van der Waals surface area contributed by atoms with Crippen molar-refractivity contribution in [3.8, 4) is 34.5 Å². The first kappa shape index (κ1) is 27.5. The minimum Gasteiger partial charge on any atom is -0.508 e. The summed E-state index contributed by atoms with van der Waals surface area (Å²) >= 11 is 0. The number of benzene rings is 3. The number of carbonyl (C=O) groups is 1. The molecule has 0 spiro atoms. The quantitative estimate of drug-likeness (QED) is 0.121. The van der Waals surface area contributed by atoms with Crippen molar-refractivity contribution in [2.75, 3.05) is 6.61 Å². The van der Waals surface area contributed by atoms with Crippen LogP contribution < -0.4 is 4.74 Å². The zero-order chi connectivity index (χ0) is 28.3. The molecular weight excluding hydrogens is 516 g/mol. The van der Waals surface area contributed by atoms with E-state index in [1.807, 2.05) is 0 Å². The van der Waals surface area contributed by atoms with Crippen LogP contribution in [0.4, 0.5) is 0 Å². The highest BCUT2D eigenvalue weighted by atomic mass is 16.7. The number of aromatic hydroxyl groups is 5. The van der Waals surface area contributed by atoms with E-state index >= 15 is 0 Å². The molecule has 1 saturated heterocycles. The first-order valence-electron chi connectivity index (χ1n) is 11.6. The van der Waals surface area contributed by atoms with Crippen LogP contribution >= 0.6 is 0 Å². The summed E-state index contributed by atoms with van der Waals surface area (Å²) < 4.78 is 16.6. The molecule has 206 valence electrons. The first-order chi connectivity index (χ1) is 18.5. The lowest BCUT2D eigenvalue weighted by Gasteiger charge is -2.41. The summed E-state index contributed by atoms with van der Waals surface area (Å²) in [6.07, 6.45) is -4.68. The van der Waals surface area contributed by atoms with Crippen molar-refractivity contribution in [2.45, 2.75) is 30.7 Å². The van der Waals surface area contributed by atoms with Crippen LogP contribution in [-0.4, -0.2) is 84.1 Å². The van der Waals surface area contributed by atoms with Crippen molar-refractivity contribution < 1.29 is 59.9 Å². The van der Waals surface area contributed by atoms with Gasteiger partial charge in [-0.25, -0.2) is 4.79 Å². The molecule has 0 unspecified atom stereocenters. The largest absolute Gasteiger partial charge is 0.508 e. The molecule has 5 atom stereocenters. The minimum atomic E-state index is -1.80. The fourth-order valence-electron chi connectivity index (χ4n) is 3.87. The molecule has 3 aromatic rings. The molecule has 12 heteroatoms. The van der Waals surface area contributed by atoms with Crippen LogP contribution in [0.1, 0.15) is 21.5 Å². The molecule has 0 aliphatic carbocycles. The van der Waals surface area contributed by atoms with Gasteiger partial charge in [-0.05, 0) is 47.5 Å². The number of aliphatic hydroxyl groups excluding tert-OH is 3. The zero-order valence-corrected chi connectivity index (χ0v) is 20.2. The highest BCUT2D eigenvalue weighted by Gasteiger charge is 2.48. The van der Waals surface area contributed by atoms with E-state index in [4.69, 9.17) is 14.2 Å². The third-order valence-electron chi connectivity index (χ3n) is 5.90. The third kappa shape index (κ3) is 6.33. The van der Waals surface area contributed by atoms with Gasteiger partial charge in [0.1, 0.15) is 35.6 Å². The Kier molecular flexibility index (Phi) is 8.12. The van der Waals surface area contributed by atoms with Gasteiger partial charge in [0.05, 0.1) is 12.2 Å². The number of carbonyl (C=O) groups excluding carboxylic acids is 1. The second kappa shape index (κ2) is 11.5. The summed E-state index contributed by atoms with van der Waals surface area (Å²) in [7, 11) is 0. The van der Waals surface area contributed by atoms with Crippen molar-refractivity contribution in [1.29, 1.82) is 0 Å². The van der Waals surface area contributed by atoms with E-state index in [9.17, 15) is 45.6 Å². The van der Waals surface area contributed by atoms with Crippen molar-refractivity contribution in [1.82, 2.24) is 0 Å². The SMILES string of the molecule is O=C(O[C@H]1[C@H](Oc2cc(O)cc(C=Cc3ccc(O)cc3)c2)O[C@H](CO)[C@H](O)[C@@H]1O)c1cc(O)c(O)c(O)c1. The monoisotopic (exact) mass is 542 g/mol. The van der Waals surface area contributed by atoms with Crippen LogP contribution in [0.25, 0.3) is 12.2 Å². The standard InChI is InChI=1S/C27H26O12/c28-12-21-23(34)24(35)25(39-26(36)15-9-19(31)22(33)20(32)10-15)27(38-21)37-18-8-14(7-17(30)11-18)2-1-13-3-5-16(29)6-4-13/h1-11,21,23-25,27-35H,12H2/t21-,23+,24+,25-,27-/m1/s1. The third-order valence-corrected chi connectivity index (χ3v) is 5.90. The van der Waals surface area contributed by atoms with Crippen LogP contribution in [0.2, 0.25) is 0 Å². The normalized spacial score (nSPS) is 23.0. The molecule has 0 amide bonds. The van der Waals surface area contributed by atoms with Gasteiger partial charge in [-0.1, -0.05) is 24.3 Å². The number of phenolic OH excluding ortho intramolecular Hbond substituents is 5. The fourth-order valence-corrected chi connectivity index (χ4v) is 3.87. The maximum Gasteiger partial charge on any atom is 0.339 e. The number of phenols is 5. The number of hydrogen-bond acceptors (Lipinski definition) is 12. The van der Waals surface area contributed by atoms with Gasteiger partial charge in [-0.15, -0.1) is 0 Å². The van der Waals surface area contributed by atoms with Gasteiger partial charge in [0, 0.05) is 6.07 Å². The molecule has 12 nitrogen and oxygen atoms in total. The lowest BCUT2D eigenvalue weighted by molar-refractivity contribution is -0.276. The Bertz CT molecular complexity index is 1330. The van der Waals surface area contributed by atoms with Crippen LogP contribution in [0.5, 0.6) is 34.5 Å². The van der Waals surface area contributed by atoms with E-state index in [2.05, 4.69) is 0 Å². The van der Waals surface area contributed by atoms with Gasteiger partial charge in [0.25, 0.3) is 0 Å². The zero-order valence-electron chi connectivity index (χ0n) is 20.2. The van der Waals surface area contributed by atoms with Gasteiger partial charge in [-0.3, -0.25) is 0 Å². The Morgan fingerprint density at radius 1 is 0.821 bits per heavy atom. The average Bonchev–Trinajstić information content (AvgIpc) is 2.90. The van der Waals surface area contributed by atoms with E-state index in [1.165, 1.54) is 30.3 Å². The fraction of sp³-hybridized carbons (Fsp3) is 0.222. The second-order valence-corrected chi connectivity index (χ2v) is 8.74. The summed E-state index contributed by atoms with van der Waals surface area (Å²) in [5.74, 6) is -3.70. The number of hydrogen-bond donors (Lipinski definition) is 8. The van der Waals surface area contributed by atoms with Crippen molar-refractivity contribution in [3.63, 3.8) is 0 Å². The van der Waals surface area contributed by atoms with Gasteiger partial charge in [-0.2, -0.15) is 0 Å². The van der Waals surface area contributed by atoms with Gasteiger partial charge in [0.2, 0.25) is 6.29 Å². The molecule has 8 N–H and O–H groups in total. The van der Waals surface area contributed by atoms with E-state index in [1.54, 1.807) is 24.3 Å². The predicted molar refractivity (Wildman–Crippen MR) is 134 cm³/mol. The maximum atomic E-state index is 12.7. The molecule has 1 heterocycles. The molecule has 4 rings (SSSR count). The topological polar surface area (TPSA) is 207 Å². The summed E-state index contributed by atoms with van der Waals surface area (Å²) in [4.78, 5) is 12.7. The molecular formula is C27H26O12. The molecule has 0 aromatic heterocycles. The predicted octanol–water partition coefficient (Wildman–Crippen LogP) is 1.43. The van der Waals surface area contributed by atoms with Gasteiger partial charge in [0.15, 0.2) is 23.4 Å². The highest BCUT2D eigenvalue weighted by molar-refractivity contribution is 5.91. The van der Waals surface area contributed by atoms with E-state index in [0.29, 0.717) is 5.56 Å². The lowest BCUT2D eigenvalue weighted by atomic mass is 9.99. The summed E-state index contributed by atoms with van der Waals surface area (Å²) in [5, 5.41) is 79.1. The summed E-state index contributed by atoms with van der Waals surface area (Å²) in [6, 6.07) is 12.2. The molecule has 0 radical (unpaired) electrons. The minimum absolute atomic E-state index is 0.0200. The Balaban J connectivity index is 1.59. The van der Waals surface area contributed by atoms with Crippen molar-refractivity contribution in [2.24, 2.45) is 0 Å². The molecule has 39 heavy (non-hydrogen) atoms. The molecule has 1 aliphatic heterocycles. The van der Waals surface area contributed by atoms with Crippen LogP contribution in [0.3, 0.4) is 0 Å². The number of rotatable bonds is 7. The van der Waals surface area contributed by atoms with Gasteiger partial charge >= 0.3 is 5.97 Å². The second-order valence-electron chi connectivity index (χ2n) is 8.74. The smallest absolute Gasteiger partial charge is 0.339 e. The Morgan fingerprint density at radius 3 is 2.10 bits per heavy atom. The Hall–Kier alpha value is -4.49. The van der Waals surface area contributed by atoms with E-state index < -0.39 is 66.1 Å². The Labute approximate surface area is 221 Å². The lowest BCUT2D eigenvalue weighted by Crippen LogP contribution is -2.61. The molecule has 3 aromatic carbocycles. The van der Waals surface area contributed by atoms with E-state index in [-0.39, 0.29) is 17.2 Å². The van der Waals surface area contributed by atoms with Crippen LogP contribution in [-0.2, 0) is 9.47 Å².